The van der Waals surface area contributed by atoms with E-state index in [9.17, 15) is 9.59 Å². The Kier molecular flexibility index (Phi) is 5.31. The van der Waals surface area contributed by atoms with Crippen LogP contribution in [0.25, 0.3) is 0 Å². The average molecular weight is 355 g/mol. The van der Waals surface area contributed by atoms with Gasteiger partial charge in [-0.1, -0.05) is 6.07 Å². The number of methoxy groups -OCH3 is 1. The van der Waals surface area contributed by atoms with Gasteiger partial charge in [-0.3, -0.25) is 9.59 Å². The van der Waals surface area contributed by atoms with E-state index < -0.39 is 0 Å². The Balaban J connectivity index is 1.76. The molecular formula is C18H21N5O3. The van der Waals surface area contributed by atoms with E-state index >= 15 is 0 Å². The first-order chi connectivity index (χ1) is 12.6. The lowest BCUT2D eigenvalue weighted by atomic mass is 10.2. The lowest BCUT2D eigenvalue weighted by molar-refractivity contribution is -0.118. The summed E-state index contributed by atoms with van der Waals surface area (Å²) in [4.78, 5) is 36.0. The van der Waals surface area contributed by atoms with Gasteiger partial charge < -0.3 is 19.9 Å². The van der Waals surface area contributed by atoms with Crippen molar-refractivity contribution in [2.45, 2.75) is 6.92 Å². The predicted molar refractivity (Wildman–Crippen MR) is 97.6 cm³/mol. The number of benzene rings is 1. The van der Waals surface area contributed by atoms with Gasteiger partial charge in [0, 0.05) is 43.6 Å². The van der Waals surface area contributed by atoms with Crippen molar-refractivity contribution in [2.75, 3.05) is 43.5 Å². The number of aryl methyl sites for hydroxylation is 1. The maximum absolute atomic E-state index is 12.6. The molecule has 1 aromatic heterocycles. The molecule has 1 N–H and O–H groups in total. The lowest BCUT2D eigenvalue weighted by Crippen LogP contribution is -2.46. The highest BCUT2D eigenvalue weighted by atomic mass is 16.5. The van der Waals surface area contributed by atoms with E-state index in [1.807, 2.05) is 17.9 Å². The highest BCUT2D eigenvalue weighted by Gasteiger charge is 2.20. The molecule has 0 spiro atoms. The first-order valence-electron chi connectivity index (χ1n) is 8.34. The number of hydrogen-bond acceptors (Lipinski definition) is 6. The van der Waals surface area contributed by atoms with Gasteiger partial charge in [0.1, 0.15) is 11.4 Å². The molecule has 0 saturated carbocycles. The number of carbonyl (C=O) groups is 2. The van der Waals surface area contributed by atoms with E-state index in [4.69, 9.17) is 4.74 Å². The van der Waals surface area contributed by atoms with Crippen molar-refractivity contribution < 1.29 is 14.3 Å². The number of anilines is 2. The van der Waals surface area contributed by atoms with Crippen LogP contribution in [0, 0.1) is 6.92 Å². The maximum Gasteiger partial charge on any atom is 0.274 e. The molecule has 1 aromatic carbocycles. The monoisotopic (exact) mass is 355 g/mol. The number of ether oxygens (including phenoxy) is 1. The maximum atomic E-state index is 12.6. The minimum absolute atomic E-state index is 0.299. The van der Waals surface area contributed by atoms with Gasteiger partial charge in [0.05, 0.1) is 7.11 Å². The second-order valence-electron chi connectivity index (χ2n) is 6.01. The van der Waals surface area contributed by atoms with Crippen LogP contribution in [-0.4, -0.2) is 60.5 Å². The second kappa shape index (κ2) is 7.81. The molecule has 0 radical (unpaired) electrons. The van der Waals surface area contributed by atoms with Crippen molar-refractivity contribution >= 4 is 24.0 Å². The van der Waals surface area contributed by atoms with Crippen LogP contribution in [0.5, 0.6) is 5.75 Å². The Bertz CT molecular complexity index is 803. The Morgan fingerprint density at radius 3 is 2.65 bits per heavy atom. The van der Waals surface area contributed by atoms with Gasteiger partial charge in [0.25, 0.3) is 5.91 Å². The smallest absolute Gasteiger partial charge is 0.274 e. The third kappa shape index (κ3) is 4.08. The van der Waals surface area contributed by atoms with E-state index in [-0.39, 0.29) is 5.91 Å². The summed E-state index contributed by atoms with van der Waals surface area (Å²) < 4.78 is 5.17. The molecule has 2 aromatic rings. The molecule has 0 atom stereocenters. The van der Waals surface area contributed by atoms with E-state index in [0.29, 0.717) is 55.0 Å². The van der Waals surface area contributed by atoms with Crippen molar-refractivity contribution in [3.05, 3.63) is 41.7 Å². The van der Waals surface area contributed by atoms with Crippen LogP contribution in [-0.2, 0) is 4.79 Å². The molecule has 0 aliphatic carbocycles. The van der Waals surface area contributed by atoms with Crippen LogP contribution in [0.3, 0.4) is 0 Å². The van der Waals surface area contributed by atoms with Crippen molar-refractivity contribution in [1.82, 2.24) is 14.9 Å². The molecule has 0 bridgehead atoms. The van der Waals surface area contributed by atoms with E-state index in [1.165, 1.54) is 0 Å². The Morgan fingerprint density at radius 1 is 1.19 bits per heavy atom. The fraction of sp³-hybridized carbons (Fsp3) is 0.333. The molecule has 1 saturated heterocycles. The summed E-state index contributed by atoms with van der Waals surface area (Å²) in [7, 11) is 1.57. The first kappa shape index (κ1) is 17.7. The summed E-state index contributed by atoms with van der Waals surface area (Å²) >= 11 is 0. The normalized spacial score (nSPS) is 14.1. The highest BCUT2D eigenvalue weighted by Crippen LogP contribution is 2.18. The molecule has 0 unspecified atom stereocenters. The van der Waals surface area contributed by atoms with Crippen molar-refractivity contribution in [2.24, 2.45) is 0 Å². The van der Waals surface area contributed by atoms with Gasteiger partial charge in [-0.25, -0.2) is 9.97 Å². The van der Waals surface area contributed by atoms with Gasteiger partial charge >= 0.3 is 0 Å². The van der Waals surface area contributed by atoms with Gasteiger partial charge in [-0.2, -0.15) is 0 Å². The van der Waals surface area contributed by atoms with Crippen LogP contribution in [0.15, 0.2) is 30.3 Å². The zero-order chi connectivity index (χ0) is 18.5. The average Bonchev–Trinajstić information content (AvgIpc) is 2.67. The number of nitrogens with zero attached hydrogens (tertiary/aromatic N) is 4. The standard InChI is InChI=1S/C18H21N5O3/c1-13-10-16(17(25)20-14-4-3-5-15(11-14)26-2)21-18(19-13)23-8-6-22(12-24)7-9-23/h3-5,10-12H,6-9H2,1-2H3,(H,20,25). The molecule has 2 amide bonds. The molecular weight excluding hydrogens is 334 g/mol. The number of piperazine rings is 1. The SMILES string of the molecule is COc1cccc(NC(=O)c2cc(C)nc(N3CCN(C=O)CC3)n2)c1. The minimum atomic E-state index is -0.309. The van der Waals surface area contributed by atoms with Crippen LogP contribution < -0.4 is 15.0 Å². The van der Waals surface area contributed by atoms with Gasteiger partial charge in [-0.15, -0.1) is 0 Å². The third-order valence-corrected chi connectivity index (χ3v) is 4.15. The zero-order valence-electron chi connectivity index (χ0n) is 14.8. The van der Waals surface area contributed by atoms with Crippen LogP contribution in [0.1, 0.15) is 16.2 Å². The topological polar surface area (TPSA) is 87.7 Å². The molecule has 1 fully saturated rings. The molecule has 3 rings (SSSR count). The molecule has 1 aliphatic rings. The second-order valence-corrected chi connectivity index (χ2v) is 6.01. The molecule has 26 heavy (non-hydrogen) atoms. The van der Waals surface area contributed by atoms with Crippen molar-refractivity contribution in [1.29, 1.82) is 0 Å². The number of hydrogen-bond donors (Lipinski definition) is 1. The summed E-state index contributed by atoms with van der Waals surface area (Å²) in [5, 5.41) is 2.82. The molecule has 136 valence electrons. The predicted octanol–water partition coefficient (Wildman–Crippen LogP) is 1.32. The largest absolute Gasteiger partial charge is 0.497 e. The Hall–Kier alpha value is -3.16. The Morgan fingerprint density at radius 2 is 1.96 bits per heavy atom. The summed E-state index contributed by atoms with van der Waals surface area (Å²) in [6.07, 6.45) is 0.849. The molecule has 1 aliphatic heterocycles. The highest BCUT2D eigenvalue weighted by molar-refractivity contribution is 6.03. The van der Waals surface area contributed by atoms with Crippen LogP contribution in [0.4, 0.5) is 11.6 Å². The summed E-state index contributed by atoms with van der Waals surface area (Å²) in [6, 6.07) is 8.79. The number of carbonyl (C=O) groups excluding carboxylic acids is 2. The zero-order valence-corrected chi connectivity index (χ0v) is 14.8. The van der Waals surface area contributed by atoms with Gasteiger partial charge in [-0.05, 0) is 25.1 Å². The Labute approximate surface area is 151 Å². The summed E-state index contributed by atoms with van der Waals surface area (Å²) in [5.41, 5.74) is 1.64. The van der Waals surface area contributed by atoms with Crippen molar-refractivity contribution in [3.63, 3.8) is 0 Å². The third-order valence-electron chi connectivity index (χ3n) is 4.15. The molecule has 2 heterocycles. The molecule has 8 nitrogen and oxygen atoms in total. The van der Waals surface area contributed by atoms with E-state index in [0.717, 1.165) is 6.41 Å². The van der Waals surface area contributed by atoms with Gasteiger partial charge in [0.15, 0.2) is 0 Å². The molecule has 8 heteroatoms. The minimum Gasteiger partial charge on any atom is -0.497 e. The fourth-order valence-corrected chi connectivity index (χ4v) is 2.73. The summed E-state index contributed by atoms with van der Waals surface area (Å²) in [6.45, 7) is 4.34. The first-order valence-corrected chi connectivity index (χ1v) is 8.34. The van der Waals surface area contributed by atoms with Crippen LogP contribution in [0.2, 0.25) is 0 Å². The lowest BCUT2D eigenvalue weighted by Gasteiger charge is -2.32. The van der Waals surface area contributed by atoms with E-state index in [1.54, 1.807) is 36.3 Å². The number of amides is 2. The quantitative estimate of drug-likeness (QED) is 0.814. The number of nitrogens with one attached hydrogen (secondary N) is 1. The fourth-order valence-electron chi connectivity index (χ4n) is 2.73. The summed E-state index contributed by atoms with van der Waals surface area (Å²) in [5.74, 6) is 0.860. The number of rotatable bonds is 5. The van der Waals surface area contributed by atoms with Crippen LogP contribution >= 0.6 is 0 Å². The van der Waals surface area contributed by atoms with Gasteiger partial charge in [0.2, 0.25) is 12.4 Å². The van der Waals surface area contributed by atoms with E-state index in [2.05, 4.69) is 15.3 Å². The number of aromatic nitrogens is 2. The van der Waals surface area contributed by atoms with Crippen molar-refractivity contribution in [3.8, 4) is 5.75 Å².